The number of benzene rings is 2. The number of hydrogen-bond acceptors (Lipinski definition) is 5. The lowest BCUT2D eigenvalue weighted by Gasteiger charge is -2.33. The van der Waals surface area contributed by atoms with E-state index >= 15 is 0 Å². The number of amides is 1. The maximum Gasteiger partial charge on any atom is 0.227 e. The molecule has 7 heteroatoms. The number of nitrogen functional groups attached to an aromatic ring is 1. The minimum atomic E-state index is -0.297. The molecule has 1 atom stereocenters. The summed E-state index contributed by atoms with van der Waals surface area (Å²) in [5.41, 5.74) is 9.29. The number of anilines is 1. The lowest BCUT2D eigenvalue weighted by atomic mass is 9.89. The molecule has 2 N–H and O–H groups in total. The molecular weight excluding hydrogens is 395 g/mol. The van der Waals surface area contributed by atoms with Gasteiger partial charge in [0.1, 0.15) is 11.6 Å². The van der Waals surface area contributed by atoms with Gasteiger partial charge < -0.3 is 15.4 Å². The molecule has 1 aliphatic heterocycles. The summed E-state index contributed by atoms with van der Waals surface area (Å²) < 4.78 is 18.6. The minimum Gasteiger partial charge on any atom is -0.497 e. The van der Waals surface area contributed by atoms with Crippen LogP contribution >= 0.6 is 0 Å². The van der Waals surface area contributed by atoms with Gasteiger partial charge in [-0.3, -0.25) is 4.79 Å². The summed E-state index contributed by atoms with van der Waals surface area (Å²) in [6.45, 7) is 1.29. The highest BCUT2D eigenvalue weighted by Gasteiger charge is 2.28. The second-order valence-electron chi connectivity index (χ2n) is 7.74. The molecule has 31 heavy (non-hydrogen) atoms. The van der Waals surface area contributed by atoms with Gasteiger partial charge in [0.15, 0.2) is 0 Å². The van der Waals surface area contributed by atoms with Gasteiger partial charge in [-0.2, -0.15) is 0 Å². The first kappa shape index (κ1) is 20.8. The summed E-state index contributed by atoms with van der Waals surface area (Å²) in [5.74, 6) is 0.792. The summed E-state index contributed by atoms with van der Waals surface area (Å²) in [5, 5.41) is 0. The Morgan fingerprint density at radius 1 is 1.19 bits per heavy atom. The number of nitrogens with zero attached hydrogens (tertiary/aromatic N) is 3. The molecule has 2 aromatic carbocycles. The number of aromatic nitrogens is 2. The molecule has 1 amide bonds. The van der Waals surface area contributed by atoms with Crippen molar-refractivity contribution in [3.8, 4) is 16.9 Å². The van der Waals surface area contributed by atoms with Gasteiger partial charge in [0, 0.05) is 30.8 Å². The van der Waals surface area contributed by atoms with E-state index in [1.165, 1.54) is 12.1 Å². The van der Waals surface area contributed by atoms with Gasteiger partial charge >= 0.3 is 0 Å². The molecule has 1 aliphatic rings. The van der Waals surface area contributed by atoms with E-state index in [1.54, 1.807) is 25.4 Å². The van der Waals surface area contributed by atoms with Crippen LogP contribution in [0.2, 0.25) is 0 Å². The van der Waals surface area contributed by atoms with E-state index in [2.05, 4.69) is 9.97 Å². The number of carbonyl (C=O) groups is 1. The molecule has 1 saturated heterocycles. The van der Waals surface area contributed by atoms with Crippen molar-refractivity contribution in [2.24, 2.45) is 0 Å². The Hall–Kier alpha value is -3.48. The molecule has 1 fully saturated rings. The highest BCUT2D eigenvalue weighted by Crippen LogP contribution is 2.33. The van der Waals surface area contributed by atoms with Crippen LogP contribution in [0.1, 0.15) is 30.0 Å². The summed E-state index contributed by atoms with van der Waals surface area (Å²) in [6.07, 6.45) is 3.80. The molecule has 4 rings (SSSR count). The van der Waals surface area contributed by atoms with Crippen molar-refractivity contribution in [2.75, 3.05) is 25.9 Å². The monoisotopic (exact) mass is 420 g/mol. The first-order valence-corrected chi connectivity index (χ1v) is 10.3. The molecule has 6 nitrogen and oxygen atoms in total. The Morgan fingerprint density at radius 2 is 1.94 bits per heavy atom. The predicted octanol–water partition coefficient (Wildman–Crippen LogP) is 3.82. The van der Waals surface area contributed by atoms with Crippen LogP contribution in [0.4, 0.5) is 10.3 Å². The normalized spacial score (nSPS) is 16.2. The van der Waals surface area contributed by atoms with Crippen LogP contribution in [0.15, 0.2) is 54.7 Å². The lowest BCUT2D eigenvalue weighted by molar-refractivity contribution is -0.131. The van der Waals surface area contributed by atoms with Crippen LogP contribution < -0.4 is 10.5 Å². The van der Waals surface area contributed by atoms with Crippen molar-refractivity contribution in [1.82, 2.24) is 14.9 Å². The van der Waals surface area contributed by atoms with E-state index in [0.717, 1.165) is 47.5 Å². The molecule has 0 saturated carbocycles. The Morgan fingerprint density at radius 3 is 2.65 bits per heavy atom. The molecule has 0 bridgehead atoms. The lowest BCUT2D eigenvalue weighted by Crippen LogP contribution is -2.40. The van der Waals surface area contributed by atoms with E-state index < -0.39 is 0 Å². The van der Waals surface area contributed by atoms with E-state index in [-0.39, 0.29) is 23.6 Å². The van der Waals surface area contributed by atoms with E-state index in [0.29, 0.717) is 13.0 Å². The minimum absolute atomic E-state index is 0.0407. The SMILES string of the molecule is COc1ccc(CC(=O)N2CCC[C@H](c3nc(N)ncc3-c3ccc(F)cc3)C2)cc1. The molecule has 2 heterocycles. The third-order valence-electron chi connectivity index (χ3n) is 5.67. The van der Waals surface area contributed by atoms with Crippen molar-refractivity contribution >= 4 is 11.9 Å². The fourth-order valence-electron chi connectivity index (χ4n) is 4.03. The number of hydrogen-bond donors (Lipinski definition) is 1. The number of rotatable bonds is 5. The quantitative estimate of drug-likeness (QED) is 0.679. The smallest absolute Gasteiger partial charge is 0.227 e. The topological polar surface area (TPSA) is 81.3 Å². The van der Waals surface area contributed by atoms with Gasteiger partial charge in [-0.1, -0.05) is 24.3 Å². The molecular formula is C24H25FN4O2. The van der Waals surface area contributed by atoms with Gasteiger partial charge in [0.05, 0.1) is 19.2 Å². The van der Waals surface area contributed by atoms with Crippen LogP contribution in [0.25, 0.3) is 11.1 Å². The molecule has 160 valence electrons. The van der Waals surface area contributed by atoms with Crippen LogP contribution in [-0.4, -0.2) is 41.0 Å². The maximum absolute atomic E-state index is 13.4. The van der Waals surface area contributed by atoms with E-state index in [9.17, 15) is 9.18 Å². The predicted molar refractivity (Wildman–Crippen MR) is 117 cm³/mol. The van der Waals surface area contributed by atoms with Gasteiger partial charge in [-0.15, -0.1) is 0 Å². The first-order valence-electron chi connectivity index (χ1n) is 10.3. The third-order valence-corrected chi connectivity index (χ3v) is 5.67. The summed E-state index contributed by atoms with van der Waals surface area (Å²) in [7, 11) is 1.62. The van der Waals surface area contributed by atoms with Gasteiger partial charge in [0.25, 0.3) is 0 Å². The van der Waals surface area contributed by atoms with Crippen LogP contribution in [0.3, 0.4) is 0 Å². The van der Waals surface area contributed by atoms with Crippen LogP contribution in [0.5, 0.6) is 5.75 Å². The van der Waals surface area contributed by atoms with E-state index in [4.69, 9.17) is 10.5 Å². The van der Waals surface area contributed by atoms with Gasteiger partial charge in [0.2, 0.25) is 11.9 Å². The van der Waals surface area contributed by atoms with Crippen LogP contribution in [0, 0.1) is 5.82 Å². The highest BCUT2D eigenvalue weighted by atomic mass is 19.1. The zero-order chi connectivity index (χ0) is 21.8. The molecule has 0 aliphatic carbocycles. The first-order chi connectivity index (χ1) is 15.0. The standard InChI is InChI=1S/C24H25FN4O2/c1-31-20-10-4-16(5-11-20)13-22(30)29-12-2-3-18(15-29)23-21(14-27-24(26)28-23)17-6-8-19(25)9-7-17/h4-11,14,18H,2-3,12-13,15H2,1H3,(H2,26,27,28)/t18-/m0/s1. The number of nitrogens with two attached hydrogens (primary N) is 1. The molecule has 0 spiro atoms. The Balaban J connectivity index is 1.53. The van der Waals surface area contributed by atoms with Crippen molar-refractivity contribution < 1.29 is 13.9 Å². The number of methoxy groups -OCH3 is 1. The Bertz CT molecular complexity index is 1050. The zero-order valence-electron chi connectivity index (χ0n) is 17.4. The average Bonchev–Trinajstić information content (AvgIpc) is 2.80. The second-order valence-corrected chi connectivity index (χ2v) is 7.74. The highest BCUT2D eigenvalue weighted by molar-refractivity contribution is 5.79. The molecule has 0 radical (unpaired) electrons. The van der Waals surface area contributed by atoms with Crippen molar-refractivity contribution in [1.29, 1.82) is 0 Å². The summed E-state index contributed by atoms with van der Waals surface area (Å²) in [6, 6.07) is 13.8. The summed E-state index contributed by atoms with van der Waals surface area (Å²) in [4.78, 5) is 23.5. The molecule has 1 aromatic heterocycles. The van der Waals surface area contributed by atoms with E-state index in [1.807, 2.05) is 29.2 Å². The summed E-state index contributed by atoms with van der Waals surface area (Å²) >= 11 is 0. The zero-order valence-corrected chi connectivity index (χ0v) is 17.4. The Labute approximate surface area is 180 Å². The number of likely N-dealkylation sites (tertiary alicyclic amines) is 1. The Kier molecular flexibility index (Phi) is 6.11. The number of ether oxygens (including phenoxy) is 1. The van der Waals surface area contributed by atoms with Crippen molar-refractivity contribution in [3.63, 3.8) is 0 Å². The number of piperidine rings is 1. The van der Waals surface area contributed by atoms with Crippen molar-refractivity contribution in [3.05, 3.63) is 71.8 Å². The second kappa shape index (κ2) is 9.12. The van der Waals surface area contributed by atoms with Gasteiger partial charge in [-0.05, 0) is 48.2 Å². The number of carbonyl (C=O) groups excluding carboxylic acids is 1. The maximum atomic E-state index is 13.4. The fourth-order valence-corrected chi connectivity index (χ4v) is 4.03. The third kappa shape index (κ3) is 4.82. The van der Waals surface area contributed by atoms with Crippen LogP contribution in [-0.2, 0) is 11.2 Å². The molecule has 3 aromatic rings. The molecule has 0 unspecified atom stereocenters. The van der Waals surface area contributed by atoms with Gasteiger partial charge in [-0.25, -0.2) is 14.4 Å². The largest absolute Gasteiger partial charge is 0.497 e. The van der Waals surface area contributed by atoms with Crippen molar-refractivity contribution in [2.45, 2.75) is 25.2 Å². The average molecular weight is 420 g/mol. The number of halogens is 1. The fraction of sp³-hybridized carbons (Fsp3) is 0.292.